The third kappa shape index (κ3) is 5.65. The molecule has 0 bridgehead atoms. The molecule has 0 unspecified atom stereocenters. The average Bonchev–Trinajstić information content (AvgIpc) is 2.41. The van der Waals surface area contributed by atoms with Crippen molar-refractivity contribution in [3.8, 4) is 5.75 Å². The van der Waals surface area contributed by atoms with Crippen molar-refractivity contribution in [1.29, 1.82) is 0 Å². The first-order valence-electron chi connectivity index (χ1n) is 8.32. The van der Waals surface area contributed by atoms with Gasteiger partial charge in [0.05, 0.1) is 6.61 Å². The van der Waals surface area contributed by atoms with Crippen LogP contribution in [-0.4, -0.2) is 21.5 Å². The summed E-state index contributed by atoms with van der Waals surface area (Å²) in [4.78, 5) is 0. The molecule has 3 nitrogen and oxygen atoms in total. The monoisotopic (exact) mass is 323 g/mol. The van der Waals surface area contributed by atoms with E-state index >= 15 is 0 Å². The van der Waals surface area contributed by atoms with Gasteiger partial charge in [-0.15, -0.1) is 0 Å². The maximum absolute atomic E-state index is 6.15. The quantitative estimate of drug-likeness (QED) is 0.415. The summed E-state index contributed by atoms with van der Waals surface area (Å²) in [6.07, 6.45) is 3.38. The van der Waals surface area contributed by atoms with Gasteiger partial charge in [-0.25, -0.2) is 0 Å². The van der Waals surface area contributed by atoms with Gasteiger partial charge in [-0.1, -0.05) is 40.2 Å². The molecule has 4 heteroatoms. The van der Waals surface area contributed by atoms with Gasteiger partial charge in [-0.3, -0.25) is 0 Å². The highest BCUT2D eigenvalue weighted by molar-refractivity contribution is 6.74. The Kier molecular flexibility index (Phi) is 6.94. The predicted octanol–water partition coefficient (Wildman–Crippen LogP) is 5.01. The lowest BCUT2D eigenvalue weighted by Crippen LogP contribution is -2.41. The van der Waals surface area contributed by atoms with Crippen LogP contribution in [0.15, 0.2) is 18.2 Å². The molecule has 0 radical (unpaired) electrons. The molecule has 0 amide bonds. The molecule has 0 aliphatic carbocycles. The van der Waals surface area contributed by atoms with Crippen molar-refractivity contribution in [1.82, 2.24) is 0 Å². The highest BCUT2D eigenvalue weighted by atomic mass is 28.4. The van der Waals surface area contributed by atoms with Crippen LogP contribution < -0.4 is 10.5 Å². The van der Waals surface area contributed by atoms with Crippen LogP contribution in [0, 0.1) is 0 Å². The molecule has 1 rings (SSSR count). The topological polar surface area (TPSA) is 44.5 Å². The highest BCUT2D eigenvalue weighted by Gasteiger charge is 2.36. The summed E-state index contributed by atoms with van der Waals surface area (Å²) < 4.78 is 12.1. The zero-order valence-corrected chi connectivity index (χ0v) is 16.2. The fourth-order valence-corrected chi connectivity index (χ4v) is 2.97. The molecule has 22 heavy (non-hydrogen) atoms. The average molecular weight is 324 g/mol. The lowest BCUT2D eigenvalue weighted by atomic mass is 10.1. The lowest BCUT2D eigenvalue weighted by molar-refractivity contribution is 0.202. The predicted molar refractivity (Wildman–Crippen MR) is 98.1 cm³/mol. The third-order valence-corrected chi connectivity index (χ3v) is 9.04. The number of unbranched alkanes of at least 4 members (excludes halogenated alkanes) is 1. The summed E-state index contributed by atoms with van der Waals surface area (Å²) in [5, 5.41) is 0.233. The van der Waals surface area contributed by atoms with Gasteiger partial charge >= 0.3 is 0 Å². The summed E-state index contributed by atoms with van der Waals surface area (Å²) in [6, 6.07) is 5.95. The molecule has 0 aliphatic heterocycles. The van der Waals surface area contributed by atoms with E-state index in [1.807, 2.05) is 12.1 Å². The normalized spacial score (nSPS) is 12.5. The molecule has 0 aliphatic rings. The van der Waals surface area contributed by atoms with Gasteiger partial charge in [0.1, 0.15) is 12.4 Å². The number of hydrogen-bond acceptors (Lipinski definition) is 3. The van der Waals surface area contributed by atoms with Gasteiger partial charge in [-0.2, -0.15) is 0 Å². The van der Waals surface area contributed by atoms with Crippen molar-refractivity contribution in [2.75, 3.05) is 18.9 Å². The number of rotatable bonds is 8. The minimum Gasteiger partial charge on any atom is -0.491 e. The number of ether oxygens (including phenoxy) is 1. The van der Waals surface area contributed by atoms with E-state index in [9.17, 15) is 0 Å². The summed E-state index contributed by atoms with van der Waals surface area (Å²) in [5.74, 6) is 0.910. The van der Waals surface area contributed by atoms with Gasteiger partial charge in [0.15, 0.2) is 8.32 Å². The number of nitrogen functional groups attached to an aromatic ring is 1. The summed E-state index contributed by atoms with van der Waals surface area (Å²) in [6.45, 7) is 14.7. The highest BCUT2D eigenvalue weighted by Crippen LogP contribution is 2.36. The Morgan fingerprint density at radius 2 is 1.82 bits per heavy atom. The minimum atomic E-state index is -1.69. The molecule has 0 spiro atoms. The Bertz CT molecular complexity index is 467. The molecule has 2 N–H and O–H groups in total. The zero-order valence-electron chi connectivity index (χ0n) is 15.2. The number of anilines is 1. The summed E-state index contributed by atoms with van der Waals surface area (Å²) in [7, 11) is -1.69. The Labute approximate surface area is 137 Å². The second-order valence-corrected chi connectivity index (χ2v) is 12.2. The molecular formula is C18H33NO2Si. The molecular weight excluding hydrogens is 290 g/mol. The van der Waals surface area contributed by atoms with Crippen LogP contribution >= 0.6 is 0 Å². The molecule has 126 valence electrons. The van der Waals surface area contributed by atoms with Gasteiger partial charge in [0.25, 0.3) is 0 Å². The number of hydrogen-bond donors (Lipinski definition) is 1. The number of nitrogens with two attached hydrogens (primary N) is 1. The summed E-state index contributed by atoms with van der Waals surface area (Å²) >= 11 is 0. The Balaban J connectivity index is 2.56. The van der Waals surface area contributed by atoms with Gasteiger partial charge in [0, 0.05) is 11.8 Å². The van der Waals surface area contributed by atoms with Crippen LogP contribution in [0.25, 0.3) is 0 Å². The van der Waals surface area contributed by atoms with Crippen LogP contribution in [0.2, 0.25) is 18.1 Å². The van der Waals surface area contributed by atoms with Crippen molar-refractivity contribution < 1.29 is 9.16 Å². The first kappa shape index (κ1) is 19.0. The van der Waals surface area contributed by atoms with Crippen molar-refractivity contribution in [3.05, 3.63) is 23.8 Å². The van der Waals surface area contributed by atoms with Gasteiger partial charge in [-0.05, 0) is 42.6 Å². The fraction of sp³-hybridized carbons (Fsp3) is 0.667. The summed E-state index contributed by atoms with van der Waals surface area (Å²) in [5.41, 5.74) is 7.87. The second kappa shape index (κ2) is 8.02. The molecule has 0 heterocycles. The molecule has 1 aromatic rings. The maximum atomic E-state index is 6.15. The Hall–Kier alpha value is -1.00. The molecule has 1 aromatic carbocycles. The van der Waals surface area contributed by atoms with Crippen molar-refractivity contribution in [3.63, 3.8) is 0 Å². The Morgan fingerprint density at radius 3 is 2.41 bits per heavy atom. The molecule has 0 fully saturated rings. The van der Waals surface area contributed by atoms with E-state index in [4.69, 9.17) is 14.9 Å². The van der Waals surface area contributed by atoms with E-state index in [1.165, 1.54) is 18.4 Å². The number of aryl methyl sites for hydroxylation is 1. The molecule has 0 saturated carbocycles. The molecule has 0 saturated heterocycles. The van der Waals surface area contributed by atoms with Crippen molar-refractivity contribution in [2.45, 2.75) is 65.1 Å². The largest absolute Gasteiger partial charge is 0.491 e. The van der Waals surface area contributed by atoms with Crippen LogP contribution in [0.3, 0.4) is 0 Å². The minimum absolute atomic E-state index is 0.233. The zero-order chi connectivity index (χ0) is 16.8. The fourth-order valence-electron chi connectivity index (χ4n) is 1.94. The lowest BCUT2D eigenvalue weighted by Gasteiger charge is -2.36. The SMILES string of the molecule is CCCCc1ccc(N)cc1OCCO[Si](C)(C)C(C)(C)C. The second-order valence-electron chi connectivity index (χ2n) is 7.43. The van der Waals surface area contributed by atoms with E-state index in [0.29, 0.717) is 13.2 Å². The van der Waals surface area contributed by atoms with Crippen LogP contribution in [0.4, 0.5) is 5.69 Å². The van der Waals surface area contributed by atoms with Crippen LogP contribution in [0.1, 0.15) is 46.1 Å². The van der Waals surface area contributed by atoms with E-state index in [0.717, 1.165) is 17.9 Å². The third-order valence-electron chi connectivity index (χ3n) is 4.50. The van der Waals surface area contributed by atoms with E-state index in [-0.39, 0.29) is 5.04 Å². The first-order chi connectivity index (χ1) is 10.2. The maximum Gasteiger partial charge on any atom is 0.192 e. The Morgan fingerprint density at radius 1 is 1.14 bits per heavy atom. The number of benzene rings is 1. The smallest absolute Gasteiger partial charge is 0.192 e. The van der Waals surface area contributed by atoms with E-state index < -0.39 is 8.32 Å². The first-order valence-corrected chi connectivity index (χ1v) is 11.2. The standard InChI is InChI=1S/C18H33NO2Si/c1-7-8-9-15-10-11-16(19)14-17(15)20-12-13-21-22(5,6)18(2,3)4/h10-11,14H,7-9,12-13,19H2,1-6H3. The van der Waals surface area contributed by atoms with Crippen molar-refractivity contribution >= 4 is 14.0 Å². The van der Waals surface area contributed by atoms with E-state index in [1.54, 1.807) is 0 Å². The van der Waals surface area contributed by atoms with Crippen LogP contribution in [0.5, 0.6) is 5.75 Å². The van der Waals surface area contributed by atoms with Crippen LogP contribution in [-0.2, 0) is 10.8 Å². The van der Waals surface area contributed by atoms with Gasteiger partial charge < -0.3 is 14.9 Å². The van der Waals surface area contributed by atoms with Crippen molar-refractivity contribution in [2.24, 2.45) is 0 Å². The van der Waals surface area contributed by atoms with Gasteiger partial charge in [0.2, 0.25) is 0 Å². The molecule has 0 atom stereocenters. The van der Waals surface area contributed by atoms with E-state index in [2.05, 4.69) is 46.9 Å². The molecule has 0 aromatic heterocycles.